The fourth-order valence-corrected chi connectivity index (χ4v) is 1.83. The highest BCUT2D eigenvalue weighted by Gasteiger charge is 2.12. The van der Waals surface area contributed by atoms with Crippen LogP contribution in [0.5, 0.6) is 0 Å². The molecule has 0 unspecified atom stereocenters. The summed E-state index contributed by atoms with van der Waals surface area (Å²) < 4.78 is 0. The van der Waals surface area contributed by atoms with Crippen LogP contribution in [0.25, 0.3) is 0 Å². The minimum Gasteiger partial charge on any atom is -0.305 e. The molecule has 1 amide bonds. The number of hydrogen-bond acceptors (Lipinski definition) is 2. The van der Waals surface area contributed by atoms with Crippen molar-refractivity contribution in [1.29, 1.82) is 0 Å². The van der Waals surface area contributed by atoms with E-state index < -0.39 is 0 Å². The molecule has 0 aliphatic rings. The lowest BCUT2D eigenvalue weighted by Gasteiger charge is -2.05. The summed E-state index contributed by atoms with van der Waals surface area (Å²) in [5.74, 6) is 0.257. The molecule has 0 bridgehead atoms. The Bertz CT molecular complexity index is 577. The highest BCUT2D eigenvalue weighted by molar-refractivity contribution is 6.35. The molecule has 18 heavy (non-hydrogen) atoms. The fraction of sp³-hybridized carbons (Fsp3) is 0.231. The SMILES string of the molecule is CCc1cc(NC(=O)c2cccc(C)c2Cl)n[nH]1. The van der Waals surface area contributed by atoms with Gasteiger partial charge >= 0.3 is 0 Å². The molecule has 0 atom stereocenters. The molecular weight excluding hydrogens is 250 g/mol. The van der Waals surface area contributed by atoms with Crippen molar-refractivity contribution >= 4 is 23.3 Å². The van der Waals surface area contributed by atoms with Crippen LogP contribution >= 0.6 is 11.6 Å². The van der Waals surface area contributed by atoms with Crippen molar-refractivity contribution in [3.63, 3.8) is 0 Å². The van der Waals surface area contributed by atoms with Crippen LogP contribution < -0.4 is 5.32 Å². The molecule has 2 aromatic rings. The molecule has 0 saturated heterocycles. The van der Waals surface area contributed by atoms with E-state index in [9.17, 15) is 4.79 Å². The predicted molar refractivity (Wildman–Crippen MR) is 72.1 cm³/mol. The molecule has 0 spiro atoms. The first-order valence-corrected chi connectivity index (χ1v) is 6.10. The Kier molecular flexibility index (Phi) is 3.67. The summed E-state index contributed by atoms with van der Waals surface area (Å²) in [4.78, 5) is 12.0. The first-order valence-electron chi connectivity index (χ1n) is 5.72. The van der Waals surface area contributed by atoms with Crippen LogP contribution in [0.15, 0.2) is 24.3 Å². The van der Waals surface area contributed by atoms with Gasteiger partial charge in [-0.2, -0.15) is 5.10 Å². The fourth-order valence-electron chi connectivity index (χ4n) is 1.61. The lowest BCUT2D eigenvalue weighted by Crippen LogP contribution is -2.13. The summed E-state index contributed by atoms with van der Waals surface area (Å²) in [5.41, 5.74) is 2.30. The lowest BCUT2D eigenvalue weighted by molar-refractivity contribution is 0.102. The Morgan fingerprint density at radius 2 is 2.28 bits per heavy atom. The molecule has 1 aromatic carbocycles. The number of aromatic nitrogens is 2. The molecule has 2 N–H and O–H groups in total. The molecule has 0 aliphatic heterocycles. The number of rotatable bonds is 3. The van der Waals surface area contributed by atoms with Gasteiger partial charge in [-0.1, -0.05) is 30.7 Å². The average molecular weight is 264 g/mol. The number of nitrogens with zero attached hydrogens (tertiary/aromatic N) is 1. The molecule has 0 fully saturated rings. The van der Waals surface area contributed by atoms with Gasteiger partial charge in [-0.3, -0.25) is 9.89 Å². The third kappa shape index (κ3) is 2.54. The third-order valence-corrected chi connectivity index (χ3v) is 3.19. The number of aromatic amines is 1. The van der Waals surface area contributed by atoms with Crippen molar-refractivity contribution in [3.05, 3.63) is 46.1 Å². The summed E-state index contributed by atoms with van der Waals surface area (Å²) in [6.45, 7) is 3.87. The Morgan fingerprint density at radius 1 is 1.50 bits per heavy atom. The number of aryl methyl sites for hydroxylation is 2. The summed E-state index contributed by atoms with van der Waals surface area (Å²) >= 11 is 6.10. The predicted octanol–water partition coefficient (Wildman–Crippen LogP) is 3.19. The number of carbonyl (C=O) groups excluding carboxylic acids is 1. The smallest absolute Gasteiger partial charge is 0.258 e. The molecule has 0 saturated carbocycles. The number of anilines is 1. The number of H-pyrrole nitrogens is 1. The van der Waals surface area contributed by atoms with Gasteiger partial charge in [-0.15, -0.1) is 0 Å². The van der Waals surface area contributed by atoms with E-state index in [1.165, 1.54) is 0 Å². The molecule has 0 radical (unpaired) electrons. The average Bonchev–Trinajstić information content (AvgIpc) is 2.80. The monoisotopic (exact) mass is 263 g/mol. The van der Waals surface area contributed by atoms with Gasteiger partial charge in [0.05, 0.1) is 10.6 Å². The van der Waals surface area contributed by atoms with Gasteiger partial charge < -0.3 is 5.32 Å². The Labute approximate surface area is 110 Å². The van der Waals surface area contributed by atoms with E-state index >= 15 is 0 Å². The molecule has 4 nitrogen and oxygen atoms in total. The van der Waals surface area contributed by atoms with Gasteiger partial charge in [-0.05, 0) is 25.0 Å². The van der Waals surface area contributed by atoms with E-state index in [0.717, 1.165) is 17.7 Å². The van der Waals surface area contributed by atoms with Crippen LogP contribution in [-0.2, 0) is 6.42 Å². The van der Waals surface area contributed by atoms with Crippen LogP contribution in [0.3, 0.4) is 0 Å². The maximum Gasteiger partial charge on any atom is 0.258 e. The van der Waals surface area contributed by atoms with Gasteiger partial charge in [0.25, 0.3) is 5.91 Å². The number of halogens is 1. The topological polar surface area (TPSA) is 57.8 Å². The third-order valence-electron chi connectivity index (χ3n) is 2.69. The first kappa shape index (κ1) is 12.6. The van der Waals surface area contributed by atoms with Gasteiger partial charge in [0.2, 0.25) is 0 Å². The first-order chi connectivity index (χ1) is 8.61. The van der Waals surface area contributed by atoms with E-state index in [4.69, 9.17) is 11.6 Å². The molecular formula is C13H14ClN3O. The van der Waals surface area contributed by atoms with Crippen molar-refractivity contribution in [2.45, 2.75) is 20.3 Å². The van der Waals surface area contributed by atoms with E-state index in [0.29, 0.717) is 16.4 Å². The van der Waals surface area contributed by atoms with Crippen LogP contribution in [0.2, 0.25) is 5.02 Å². The van der Waals surface area contributed by atoms with Crippen LogP contribution in [-0.4, -0.2) is 16.1 Å². The highest BCUT2D eigenvalue weighted by Crippen LogP contribution is 2.21. The molecule has 0 aliphatic carbocycles. The maximum absolute atomic E-state index is 12.0. The second kappa shape index (κ2) is 5.23. The summed E-state index contributed by atoms with van der Waals surface area (Å²) in [7, 11) is 0. The van der Waals surface area contributed by atoms with Crippen LogP contribution in [0.4, 0.5) is 5.82 Å². The van der Waals surface area contributed by atoms with Gasteiger partial charge in [-0.25, -0.2) is 0 Å². The molecule has 1 aromatic heterocycles. The maximum atomic E-state index is 12.0. The van der Waals surface area contributed by atoms with E-state index in [1.54, 1.807) is 12.1 Å². The van der Waals surface area contributed by atoms with E-state index in [-0.39, 0.29) is 5.91 Å². The molecule has 5 heteroatoms. The summed E-state index contributed by atoms with van der Waals surface area (Å²) in [5, 5.41) is 10.0. The zero-order valence-electron chi connectivity index (χ0n) is 10.2. The zero-order chi connectivity index (χ0) is 13.1. The van der Waals surface area contributed by atoms with Crippen molar-refractivity contribution in [2.75, 3.05) is 5.32 Å². The van der Waals surface area contributed by atoms with Crippen molar-refractivity contribution in [2.24, 2.45) is 0 Å². The molecule has 2 rings (SSSR count). The summed E-state index contributed by atoms with van der Waals surface area (Å²) in [6, 6.07) is 7.17. The second-order valence-electron chi connectivity index (χ2n) is 4.02. The lowest BCUT2D eigenvalue weighted by atomic mass is 10.1. The number of hydrogen-bond donors (Lipinski definition) is 2. The van der Waals surface area contributed by atoms with Crippen LogP contribution in [0, 0.1) is 6.92 Å². The number of carbonyl (C=O) groups is 1. The van der Waals surface area contributed by atoms with E-state index in [1.807, 2.05) is 26.0 Å². The highest BCUT2D eigenvalue weighted by atomic mass is 35.5. The van der Waals surface area contributed by atoms with Crippen LogP contribution in [0.1, 0.15) is 28.5 Å². The molecule has 94 valence electrons. The molecule has 1 heterocycles. The van der Waals surface area contributed by atoms with Crippen molar-refractivity contribution < 1.29 is 4.79 Å². The van der Waals surface area contributed by atoms with Gasteiger partial charge in [0.15, 0.2) is 5.82 Å². The minimum absolute atomic E-state index is 0.252. The Balaban J connectivity index is 2.19. The quantitative estimate of drug-likeness (QED) is 0.894. The number of nitrogens with one attached hydrogen (secondary N) is 2. The number of amides is 1. The normalized spacial score (nSPS) is 10.4. The second-order valence-corrected chi connectivity index (χ2v) is 4.40. The van der Waals surface area contributed by atoms with Gasteiger partial charge in [0, 0.05) is 11.8 Å². The Hall–Kier alpha value is -1.81. The largest absolute Gasteiger partial charge is 0.305 e. The van der Waals surface area contributed by atoms with E-state index in [2.05, 4.69) is 15.5 Å². The number of benzene rings is 1. The Morgan fingerprint density at radius 3 is 2.94 bits per heavy atom. The van der Waals surface area contributed by atoms with Crippen molar-refractivity contribution in [1.82, 2.24) is 10.2 Å². The summed E-state index contributed by atoms with van der Waals surface area (Å²) in [6.07, 6.45) is 0.841. The van der Waals surface area contributed by atoms with Crippen molar-refractivity contribution in [3.8, 4) is 0 Å². The van der Waals surface area contributed by atoms with Gasteiger partial charge in [0.1, 0.15) is 0 Å². The minimum atomic E-state index is -0.252. The standard InChI is InChI=1S/C13H14ClN3O/c1-3-9-7-11(17-16-9)15-13(18)10-6-4-5-8(2)12(10)14/h4-7H,3H2,1-2H3,(H2,15,16,17,18). The zero-order valence-corrected chi connectivity index (χ0v) is 11.0.